The molecule has 9 heteroatoms. The summed E-state index contributed by atoms with van der Waals surface area (Å²) in [5.41, 5.74) is 0. The molecular weight excluding hydrogens is 1080 g/mol. The van der Waals surface area contributed by atoms with E-state index in [2.05, 4.69) is 135 Å². The Balaban J connectivity index is 4.19. The lowest BCUT2D eigenvalue weighted by atomic mass is 10.0. The molecule has 0 amide bonds. The van der Waals surface area contributed by atoms with Gasteiger partial charge in [-0.3, -0.25) is 9.59 Å². The molecule has 0 bridgehead atoms. The molecule has 87 heavy (non-hydrogen) atoms. The number of nitrogens with zero attached hydrogens (tertiary/aromatic N) is 1. The molecule has 0 heterocycles. The number of likely N-dealkylation sites (N-methyl/N-ethyl adjacent to an activating group) is 1. The summed E-state index contributed by atoms with van der Waals surface area (Å²) in [6.07, 6.45) is 93.4. The molecule has 0 aromatic carbocycles. The standard InChI is InChI=1S/C78H133NO8/c1-6-8-10-12-14-16-18-20-22-24-26-28-30-32-34-36-37-38-39-41-42-44-46-48-50-52-54-56-58-60-62-64-66-68-75(80)85-72-74(73-86-78(77(82)83)84-71-70-79(3,4)5)87-76(81)69-67-65-63-61-59-57-55-53-51-49-47-45-43-40-35-33-31-29-27-25-23-21-19-17-15-13-11-9-7-2/h9,11,15,17,21,23-24,26-27,29,33,35,43,45,49,51,55,57,61,63,74,78H,6-8,10,12-14,16,18-20,22,25,28,30-32,34,36-42,44,46-48,50,52-54,56,58-60,62,64-73H2,1-5H3/p+1/b11-9-,17-15-,23-21-,26-24-,29-27-,35-33-,45-43-,51-49-,57-55-,63-61-. The maximum Gasteiger partial charge on any atom is 0.361 e. The quantitative estimate of drug-likeness (QED) is 0.0211. The van der Waals surface area contributed by atoms with Crippen LogP contribution in [0.2, 0.25) is 0 Å². The zero-order valence-electron chi connectivity index (χ0n) is 56.9. The van der Waals surface area contributed by atoms with Gasteiger partial charge in [-0.2, -0.15) is 0 Å². The Kier molecular flexibility index (Phi) is 64.3. The number of aliphatic carboxylic acids is 1. The van der Waals surface area contributed by atoms with Gasteiger partial charge in [-0.25, -0.2) is 4.79 Å². The van der Waals surface area contributed by atoms with Crippen molar-refractivity contribution in [1.82, 2.24) is 0 Å². The lowest BCUT2D eigenvalue weighted by Gasteiger charge is -2.25. The van der Waals surface area contributed by atoms with Gasteiger partial charge in [0, 0.05) is 12.8 Å². The fraction of sp³-hybridized carbons (Fsp3) is 0.705. The Bertz CT molecular complexity index is 1840. The van der Waals surface area contributed by atoms with Crippen molar-refractivity contribution in [3.8, 4) is 0 Å². The van der Waals surface area contributed by atoms with Gasteiger partial charge in [0.05, 0.1) is 34.4 Å². The molecule has 0 spiro atoms. The van der Waals surface area contributed by atoms with Crippen LogP contribution in [0.3, 0.4) is 0 Å². The first-order valence-corrected chi connectivity index (χ1v) is 35.7. The third kappa shape index (κ3) is 69.0. The van der Waals surface area contributed by atoms with Crippen molar-refractivity contribution in [2.45, 2.75) is 309 Å². The van der Waals surface area contributed by atoms with Crippen molar-refractivity contribution in [2.24, 2.45) is 0 Å². The van der Waals surface area contributed by atoms with Gasteiger partial charge in [-0.1, -0.05) is 302 Å². The van der Waals surface area contributed by atoms with E-state index in [-0.39, 0.29) is 38.6 Å². The van der Waals surface area contributed by atoms with Crippen molar-refractivity contribution >= 4 is 17.9 Å². The van der Waals surface area contributed by atoms with Gasteiger partial charge in [-0.05, 0) is 103 Å². The lowest BCUT2D eigenvalue weighted by Crippen LogP contribution is -2.40. The molecule has 0 aliphatic carbocycles. The van der Waals surface area contributed by atoms with E-state index in [1.54, 1.807) is 0 Å². The van der Waals surface area contributed by atoms with Crippen LogP contribution in [0, 0.1) is 0 Å². The monoisotopic (exact) mass is 1210 g/mol. The van der Waals surface area contributed by atoms with Gasteiger partial charge in [0.2, 0.25) is 0 Å². The van der Waals surface area contributed by atoms with Crippen LogP contribution in [0.1, 0.15) is 296 Å². The Morgan fingerprint density at radius 3 is 1.02 bits per heavy atom. The maximum absolute atomic E-state index is 12.9. The number of rotatable bonds is 65. The number of carboxylic acid groups (broad SMARTS) is 1. The third-order valence-corrected chi connectivity index (χ3v) is 15.2. The fourth-order valence-corrected chi connectivity index (χ4v) is 9.78. The molecule has 0 aromatic heterocycles. The van der Waals surface area contributed by atoms with Crippen LogP contribution < -0.4 is 0 Å². The normalized spacial score (nSPS) is 13.4. The van der Waals surface area contributed by atoms with Crippen molar-refractivity contribution < 1.29 is 42.9 Å². The van der Waals surface area contributed by atoms with Gasteiger partial charge in [0.1, 0.15) is 13.2 Å². The van der Waals surface area contributed by atoms with E-state index in [9.17, 15) is 19.5 Å². The second kappa shape index (κ2) is 67.6. The number of carbonyl (C=O) groups excluding carboxylic acids is 2. The molecule has 0 rings (SSSR count). The average molecular weight is 1210 g/mol. The first-order valence-electron chi connectivity index (χ1n) is 35.7. The van der Waals surface area contributed by atoms with Gasteiger partial charge in [-0.15, -0.1) is 0 Å². The second-order valence-corrected chi connectivity index (χ2v) is 24.8. The van der Waals surface area contributed by atoms with Gasteiger partial charge >= 0.3 is 17.9 Å². The van der Waals surface area contributed by atoms with Crippen LogP contribution in [-0.2, 0) is 33.3 Å². The summed E-state index contributed by atoms with van der Waals surface area (Å²) >= 11 is 0. The van der Waals surface area contributed by atoms with Crippen LogP contribution in [-0.4, -0.2) is 87.4 Å². The molecule has 1 N–H and O–H groups in total. The summed E-state index contributed by atoms with van der Waals surface area (Å²) in [4.78, 5) is 37.6. The van der Waals surface area contributed by atoms with E-state index in [1.807, 2.05) is 21.1 Å². The second-order valence-electron chi connectivity index (χ2n) is 24.8. The Labute approximate surface area is 536 Å². The van der Waals surface area contributed by atoms with E-state index < -0.39 is 24.3 Å². The number of ether oxygens (including phenoxy) is 4. The van der Waals surface area contributed by atoms with Crippen LogP contribution in [0.15, 0.2) is 122 Å². The number of allylic oxidation sites excluding steroid dienone is 20. The van der Waals surface area contributed by atoms with Crippen molar-refractivity contribution in [3.63, 3.8) is 0 Å². The van der Waals surface area contributed by atoms with E-state index in [0.29, 0.717) is 23.9 Å². The molecule has 0 aromatic rings. The predicted octanol–water partition coefficient (Wildman–Crippen LogP) is 22.4. The molecule has 2 unspecified atom stereocenters. The zero-order valence-corrected chi connectivity index (χ0v) is 56.9. The van der Waals surface area contributed by atoms with Crippen molar-refractivity contribution in [3.05, 3.63) is 122 Å². The minimum atomic E-state index is -1.53. The smallest absolute Gasteiger partial charge is 0.361 e. The summed E-state index contributed by atoms with van der Waals surface area (Å²) < 4.78 is 22.9. The number of quaternary nitrogens is 1. The van der Waals surface area contributed by atoms with E-state index in [1.165, 1.54) is 180 Å². The molecule has 2 atom stereocenters. The highest BCUT2D eigenvalue weighted by Gasteiger charge is 2.25. The molecule has 0 radical (unpaired) electrons. The first kappa shape index (κ1) is 82.7. The van der Waals surface area contributed by atoms with E-state index >= 15 is 0 Å². The highest BCUT2D eigenvalue weighted by atomic mass is 16.7. The van der Waals surface area contributed by atoms with Crippen LogP contribution in [0.25, 0.3) is 0 Å². The molecule has 9 nitrogen and oxygen atoms in total. The van der Waals surface area contributed by atoms with Gasteiger partial charge in [0.15, 0.2) is 6.10 Å². The Hall–Kier alpha value is -4.31. The fourth-order valence-electron chi connectivity index (χ4n) is 9.78. The average Bonchev–Trinajstić information content (AvgIpc) is 3.57. The highest BCUT2D eigenvalue weighted by molar-refractivity contribution is 5.71. The van der Waals surface area contributed by atoms with Crippen LogP contribution in [0.4, 0.5) is 0 Å². The number of unbranched alkanes of at least 4 members (excludes halogenated alkanes) is 30. The van der Waals surface area contributed by atoms with Crippen LogP contribution >= 0.6 is 0 Å². The van der Waals surface area contributed by atoms with Gasteiger partial charge < -0.3 is 28.5 Å². The lowest BCUT2D eigenvalue weighted by molar-refractivity contribution is -0.870. The van der Waals surface area contributed by atoms with E-state index in [0.717, 1.165) is 77.0 Å². The third-order valence-electron chi connectivity index (χ3n) is 15.2. The molecule has 0 saturated carbocycles. The molecule has 0 fully saturated rings. The number of carboxylic acids is 1. The molecular formula is C78H134NO8+. The number of hydrogen-bond donors (Lipinski definition) is 1. The van der Waals surface area contributed by atoms with Crippen LogP contribution in [0.5, 0.6) is 0 Å². The summed E-state index contributed by atoms with van der Waals surface area (Å²) in [5, 5.41) is 9.74. The van der Waals surface area contributed by atoms with E-state index in [4.69, 9.17) is 18.9 Å². The molecule has 0 saturated heterocycles. The molecule has 498 valence electrons. The highest BCUT2D eigenvalue weighted by Crippen LogP contribution is 2.17. The SMILES string of the molecule is CC/C=C\C/C=C\C/C=C\C/C=C\C/C=C\C/C=C\C/C=C\C/C=C\C/C=C\CCCC(=O)OC(COC(=O)CCCCCCCCCCCCCCCCCCCCCCC/C=C\CCCCCCCCCC)COC(OCC[N+](C)(C)C)C(=O)O. The number of esters is 2. The zero-order chi connectivity index (χ0) is 63.3. The van der Waals surface area contributed by atoms with Gasteiger partial charge in [0.25, 0.3) is 6.29 Å². The Morgan fingerprint density at radius 2 is 0.667 bits per heavy atom. The topological polar surface area (TPSA) is 108 Å². The van der Waals surface area contributed by atoms with Crippen molar-refractivity contribution in [1.29, 1.82) is 0 Å². The first-order chi connectivity index (χ1) is 42.6. The van der Waals surface area contributed by atoms with Crippen molar-refractivity contribution in [2.75, 3.05) is 47.5 Å². The Morgan fingerprint density at radius 1 is 0.356 bits per heavy atom. The molecule has 0 aliphatic heterocycles. The minimum Gasteiger partial charge on any atom is -0.477 e. The maximum atomic E-state index is 12.9. The molecule has 0 aliphatic rings. The summed E-state index contributed by atoms with van der Waals surface area (Å²) in [7, 11) is 5.95. The minimum absolute atomic E-state index is 0.171. The summed E-state index contributed by atoms with van der Waals surface area (Å²) in [6.45, 7) is 4.71. The number of hydrogen-bond acceptors (Lipinski definition) is 7. The largest absolute Gasteiger partial charge is 0.477 e. The number of carbonyl (C=O) groups is 3. The summed E-state index contributed by atoms with van der Waals surface area (Å²) in [5.74, 6) is -2.09. The predicted molar refractivity (Wildman–Crippen MR) is 373 cm³/mol. The summed E-state index contributed by atoms with van der Waals surface area (Å²) in [6, 6.07) is 0.